The van der Waals surface area contributed by atoms with E-state index in [1.54, 1.807) is 43.3 Å². The number of carbonyl (C=O) groups is 2. The minimum Gasteiger partial charge on any atom is -0.326 e. The van der Waals surface area contributed by atoms with Crippen LogP contribution in [0.25, 0.3) is 0 Å². The SMILES string of the molecule is CCC(=O)Nc1ccc(C(=O)N/N=C/c2cccc(F)c2)cc1. The largest absolute Gasteiger partial charge is 0.326 e. The lowest BCUT2D eigenvalue weighted by molar-refractivity contribution is -0.115. The van der Waals surface area contributed by atoms with E-state index >= 15 is 0 Å². The Morgan fingerprint density at radius 1 is 1.17 bits per heavy atom. The number of nitrogens with zero attached hydrogens (tertiary/aromatic N) is 1. The van der Waals surface area contributed by atoms with Gasteiger partial charge in [-0.15, -0.1) is 0 Å². The Balaban J connectivity index is 1.94. The van der Waals surface area contributed by atoms with Crippen molar-refractivity contribution in [2.75, 3.05) is 5.32 Å². The first-order valence-corrected chi connectivity index (χ1v) is 7.07. The van der Waals surface area contributed by atoms with Crippen molar-refractivity contribution in [2.24, 2.45) is 5.10 Å². The van der Waals surface area contributed by atoms with Crippen LogP contribution in [0.3, 0.4) is 0 Å². The lowest BCUT2D eigenvalue weighted by Crippen LogP contribution is -2.17. The molecule has 2 aromatic carbocycles. The highest BCUT2D eigenvalue weighted by atomic mass is 19.1. The summed E-state index contributed by atoms with van der Waals surface area (Å²) in [4.78, 5) is 23.2. The second-order valence-corrected chi connectivity index (χ2v) is 4.73. The first kappa shape index (κ1) is 16.4. The molecule has 0 saturated heterocycles. The zero-order valence-corrected chi connectivity index (χ0v) is 12.5. The van der Waals surface area contributed by atoms with Gasteiger partial charge < -0.3 is 5.32 Å². The van der Waals surface area contributed by atoms with Gasteiger partial charge in [0.25, 0.3) is 5.91 Å². The normalized spacial score (nSPS) is 10.5. The topological polar surface area (TPSA) is 70.6 Å². The number of anilines is 1. The molecular weight excluding hydrogens is 297 g/mol. The van der Waals surface area contributed by atoms with Gasteiger partial charge >= 0.3 is 0 Å². The van der Waals surface area contributed by atoms with Crippen molar-refractivity contribution in [1.29, 1.82) is 0 Å². The Morgan fingerprint density at radius 3 is 2.57 bits per heavy atom. The van der Waals surface area contributed by atoms with E-state index < -0.39 is 5.91 Å². The van der Waals surface area contributed by atoms with Crippen LogP contribution in [-0.2, 0) is 4.79 Å². The van der Waals surface area contributed by atoms with Crippen LogP contribution >= 0.6 is 0 Å². The minimum atomic E-state index is -0.397. The van der Waals surface area contributed by atoms with Crippen LogP contribution in [-0.4, -0.2) is 18.0 Å². The van der Waals surface area contributed by atoms with Gasteiger partial charge in [0.1, 0.15) is 5.82 Å². The molecule has 6 heteroatoms. The molecule has 23 heavy (non-hydrogen) atoms. The van der Waals surface area contributed by atoms with Crippen LogP contribution in [0.2, 0.25) is 0 Å². The number of rotatable bonds is 5. The number of amides is 2. The predicted octanol–water partition coefficient (Wildman–Crippen LogP) is 2.94. The maximum atomic E-state index is 13.0. The Kier molecular flexibility index (Phi) is 5.57. The highest BCUT2D eigenvalue weighted by molar-refractivity contribution is 5.96. The van der Waals surface area contributed by atoms with Crippen molar-refractivity contribution in [3.8, 4) is 0 Å². The Morgan fingerprint density at radius 2 is 1.91 bits per heavy atom. The predicted molar refractivity (Wildman–Crippen MR) is 86.8 cm³/mol. The second-order valence-electron chi connectivity index (χ2n) is 4.73. The molecule has 2 amide bonds. The van der Waals surface area contributed by atoms with E-state index in [1.807, 2.05) is 0 Å². The molecule has 0 fully saturated rings. The molecule has 118 valence electrons. The minimum absolute atomic E-state index is 0.0955. The van der Waals surface area contributed by atoms with Gasteiger partial charge in [0, 0.05) is 17.7 Å². The Bertz CT molecular complexity index is 727. The fraction of sp³-hybridized carbons (Fsp3) is 0.118. The number of benzene rings is 2. The summed E-state index contributed by atoms with van der Waals surface area (Å²) in [6.07, 6.45) is 1.74. The average Bonchev–Trinajstić information content (AvgIpc) is 2.55. The van der Waals surface area contributed by atoms with Crippen LogP contribution in [0.15, 0.2) is 53.6 Å². The molecule has 0 aliphatic heterocycles. The van der Waals surface area contributed by atoms with E-state index in [4.69, 9.17) is 0 Å². The van der Waals surface area contributed by atoms with Gasteiger partial charge in [-0.3, -0.25) is 9.59 Å². The number of hydrazone groups is 1. The maximum absolute atomic E-state index is 13.0. The zero-order valence-electron chi connectivity index (χ0n) is 12.5. The van der Waals surface area contributed by atoms with Crippen LogP contribution in [0, 0.1) is 5.82 Å². The summed E-state index contributed by atoms with van der Waals surface area (Å²) in [6.45, 7) is 1.76. The third-order valence-corrected chi connectivity index (χ3v) is 2.98. The number of carbonyl (C=O) groups excluding carboxylic acids is 2. The van der Waals surface area contributed by atoms with Gasteiger partial charge in [0.15, 0.2) is 0 Å². The van der Waals surface area contributed by atoms with Gasteiger partial charge in [0.05, 0.1) is 6.21 Å². The molecule has 0 atom stereocenters. The third-order valence-electron chi connectivity index (χ3n) is 2.98. The van der Waals surface area contributed by atoms with E-state index in [0.717, 1.165) is 0 Å². The quantitative estimate of drug-likeness (QED) is 0.658. The summed E-state index contributed by atoms with van der Waals surface area (Å²) >= 11 is 0. The van der Waals surface area contributed by atoms with Crippen molar-refractivity contribution in [3.05, 3.63) is 65.5 Å². The van der Waals surface area contributed by atoms with Gasteiger partial charge in [0.2, 0.25) is 5.91 Å². The zero-order chi connectivity index (χ0) is 16.7. The van der Waals surface area contributed by atoms with E-state index in [9.17, 15) is 14.0 Å². The standard InChI is InChI=1S/C17H16FN3O2/c1-2-16(22)20-15-8-6-13(7-9-15)17(23)21-19-11-12-4-3-5-14(18)10-12/h3-11H,2H2,1H3,(H,20,22)(H,21,23)/b19-11+. The molecule has 0 heterocycles. The molecule has 0 aliphatic rings. The van der Waals surface area contributed by atoms with Crippen LogP contribution < -0.4 is 10.7 Å². The summed E-state index contributed by atoms with van der Waals surface area (Å²) in [7, 11) is 0. The number of hydrogen-bond acceptors (Lipinski definition) is 3. The summed E-state index contributed by atoms with van der Waals surface area (Å²) in [5.41, 5.74) is 3.92. The molecular formula is C17H16FN3O2. The average molecular weight is 313 g/mol. The van der Waals surface area contributed by atoms with Crippen molar-refractivity contribution >= 4 is 23.7 Å². The van der Waals surface area contributed by atoms with Crippen LogP contribution in [0.4, 0.5) is 10.1 Å². The Hall–Kier alpha value is -3.02. The lowest BCUT2D eigenvalue weighted by Gasteiger charge is -2.04. The summed E-state index contributed by atoms with van der Waals surface area (Å²) in [5.74, 6) is -0.863. The molecule has 0 bridgehead atoms. The summed E-state index contributed by atoms with van der Waals surface area (Å²) in [5, 5.41) is 6.47. The van der Waals surface area contributed by atoms with Crippen molar-refractivity contribution in [3.63, 3.8) is 0 Å². The third kappa shape index (κ3) is 5.03. The first-order chi connectivity index (χ1) is 11.1. The first-order valence-electron chi connectivity index (χ1n) is 7.07. The number of hydrogen-bond donors (Lipinski definition) is 2. The van der Waals surface area contributed by atoms with E-state index in [2.05, 4.69) is 15.8 Å². The molecule has 5 nitrogen and oxygen atoms in total. The fourth-order valence-electron chi connectivity index (χ4n) is 1.77. The van der Waals surface area contributed by atoms with Gasteiger partial charge in [-0.1, -0.05) is 19.1 Å². The second kappa shape index (κ2) is 7.84. The fourth-order valence-corrected chi connectivity index (χ4v) is 1.77. The van der Waals surface area contributed by atoms with Crippen molar-refractivity contribution in [1.82, 2.24) is 5.43 Å². The molecule has 0 spiro atoms. The molecule has 2 rings (SSSR count). The van der Waals surface area contributed by atoms with Gasteiger partial charge in [-0.25, -0.2) is 9.82 Å². The number of halogens is 1. The van der Waals surface area contributed by atoms with Crippen molar-refractivity contribution < 1.29 is 14.0 Å². The monoisotopic (exact) mass is 313 g/mol. The van der Waals surface area contributed by atoms with Gasteiger partial charge in [-0.05, 0) is 42.0 Å². The molecule has 0 unspecified atom stereocenters. The van der Waals surface area contributed by atoms with E-state index in [1.165, 1.54) is 18.3 Å². The van der Waals surface area contributed by atoms with Crippen LogP contribution in [0.1, 0.15) is 29.3 Å². The Labute approximate surface area is 133 Å². The van der Waals surface area contributed by atoms with E-state index in [0.29, 0.717) is 23.2 Å². The van der Waals surface area contributed by atoms with Gasteiger partial charge in [-0.2, -0.15) is 5.10 Å². The molecule has 0 aromatic heterocycles. The summed E-state index contributed by atoms with van der Waals surface area (Å²) < 4.78 is 13.0. The van der Waals surface area contributed by atoms with E-state index in [-0.39, 0.29) is 11.7 Å². The molecule has 2 aromatic rings. The molecule has 0 radical (unpaired) electrons. The summed E-state index contributed by atoms with van der Waals surface area (Å²) in [6, 6.07) is 12.3. The molecule has 0 aliphatic carbocycles. The van der Waals surface area contributed by atoms with Crippen molar-refractivity contribution in [2.45, 2.75) is 13.3 Å². The number of nitrogens with one attached hydrogen (secondary N) is 2. The smallest absolute Gasteiger partial charge is 0.271 e. The molecule has 0 saturated carbocycles. The highest BCUT2D eigenvalue weighted by Gasteiger charge is 2.05. The van der Waals surface area contributed by atoms with Crippen LogP contribution in [0.5, 0.6) is 0 Å². The maximum Gasteiger partial charge on any atom is 0.271 e. The molecule has 2 N–H and O–H groups in total. The highest BCUT2D eigenvalue weighted by Crippen LogP contribution is 2.10. The lowest BCUT2D eigenvalue weighted by atomic mass is 10.2.